The van der Waals surface area contributed by atoms with Crippen molar-refractivity contribution < 1.29 is 18.4 Å². The summed E-state index contributed by atoms with van der Waals surface area (Å²) in [6.45, 7) is 3.01. The molecule has 2 aliphatic rings. The Balaban J connectivity index is 1.32. The largest absolute Gasteiger partial charge is 0.472 e. The van der Waals surface area contributed by atoms with E-state index in [1.807, 2.05) is 17.0 Å². The van der Waals surface area contributed by atoms with Crippen molar-refractivity contribution in [3.8, 4) is 0 Å². The third-order valence-electron chi connectivity index (χ3n) is 5.53. The summed E-state index contributed by atoms with van der Waals surface area (Å²) >= 11 is 0. The van der Waals surface area contributed by atoms with Gasteiger partial charge in [-0.2, -0.15) is 0 Å². The van der Waals surface area contributed by atoms with Crippen molar-refractivity contribution in [1.82, 2.24) is 9.80 Å². The van der Waals surface area contributed by atoms with Gasteiger partial charge >= 0.3 is 0 Å². The second-order valence-electron chi connectivity index (χ2n) is 7.15. The van der Waals surface area contributed by atoms with Crippen LogP contribution >= 0.6 is 0 Å². The Morgan fingerprint density at radius 3 is 2.84 bits per heavy atom. The molecule has 1 amide bonds. The number of rotatable bonds is 4. The number of carbonyl (C=O) groups excluding carboxylic acids is 1. The lowest BCUT2D eigenvalue weighted by atomic mass is 9.87. The highest BCUT2D eigenvalue weighted by Gasteiger charge is 2.44. The highest BCUT2D eigenvalue weighted by molar-refractivity contribution is 5.93. The van der Waals surface area contributed by atoms with Gasteiger partial charge in [0.2, 0.25) is 0 Å². The van der Waals surface area contributed by atoms with Gasteiger partial charge in [-0.3, -0.25) is 9.69 Å². The van der Waals surface area contributed by atoms with E-state index in [0.717, 1.165) is 51.3 Å². The van der Waals surface area contributed by atoms with Crippen molar-refractivity contribution in [1.29, 1.82) is 0 Å². The lowest BCUT2D eigenvalue weighted by Crippen LogP contribution is -2.47. The molecule has 2 fully saturated rings. The minimum absolute atomic E-state index is 0.0492. The molecule has 1 spiro atoms. The molecule has 4 heterocycles. The summed E-state index contributed by atoms with van der Waals surface area (Å²) in [5.41, 5.74) is 0.536. The number of nitrogens with zero attached hydrogens (tertiary/aromatic N) is 2. The number of hydrogen-bond donors (Lipinski definition) is 0. The van der Waals surface area contributed by atoms with Gasteiger partial charge in [0.15, 0.2) is 0 Å². The highest BCUT2D eigenvalue weighted by atomic mass is 16.5. The minimum Gasteiger partial charge on any atom is -0.472 e. The molecule has 134 valence electrons. The van der Waals surface area contributed by atoms with Gasteiger partial charge in [-0.1, -0.05) is 0 Å². The van der Waals surface area contributed by atoms with Gasteiger partial charge in [0, 0.05) is 19.1 Å². The van der Waals surface area contributed by atoms with Crippen LogP contribution in [0.15, 0.2) is 45.8 Å². The van der Waals surface area contributed by atoms with Crippen molar-refractivity contribution in [2.45, 2.75) is 37.5 Å². The van der Waals surface area contributed by atoms with Crippen LogP contribution in [-0.4, -0.2) is 54.1 Å². The zero-order valence-corrected chi connectivity index (χ0v) is 14.5. The van der Waals surface area contributed by atoms with Gasteiger partial charge in [-0.15, -0.1) is 0 Å². The third-order valence-corrected chi connectivity index (χ3v) is 5.53. The lowest BCUT2D eigenvalue weighted by Gasteiger charge is -2.38. The van der Waals surface area contributed by atoms with E-state index in [-0.39, 0.29) is 11.5 Å². The van der Waals surface area contributed by atoms with Crippen LogP contribution in [0.3, 0.4) is 0 Å². The molecule has 2 aromatic heterocycles. The Morgan fingerprint density at radius 1 is 1.32 bits per heavy atom. The zero-order chi connectivity index (χ0) is 17.3. The summed E-state index contributed by atoms with van der Waals surface area (Å²) in [6, 6.07) is 6.03. The summed E-state index contributed by atoms with van der Waals surface area (Å²) in [5, 5.41) is 0. The molecule has 0 radical (unpaired) electrons. The molecule has 2 aromatic rings. The van der Waals surface area contributed by atoms with Crippen molar-refractivity contribution in [2.24, 2.45) is 0 Å². The van der Waals surface area contributed by atoms with Crippen molar-refractivity contribution in [3.05, 3.63) is 48.3 Å². The summed E-state index contributed by atoms with van der Waals surface area (Å²) < 4.78 is 16.7. The predicted molar refractivity (Wildman–Crippen MR) is 91.1 cm³/mol. The van der Waals surface area contributed by atoms with E-state index in [1.54, 1.807) is 12.3 Å². The molecule has 4 rings (SSSR count). The molecule has 25 heavy (non-hydrogen) atoms. The molecule has 0 saturated carbocycles. The molecule has 0 aromatic carbocycles. The number of furan rings is 2. The van der Waals surface area contributed by atoms with Gasteiger partial charge in [0.05, 0.1) is 36.8 Å². The fourth-order valence-electron chi connectivity index (χ4n) is 3.92. The maximum atomic E-state index is 12.4. The maximum absolute atomic E-state index is 12.4. The van der Waals surface area contributed by atoms with Gasteiger partial charge in [-0.05, 0) is 44.5 Å². The Morgan fingerprint density at radius 2 is 2.16 bits per heavy atom. The number of likely N-dealkylation sites (N-methyl/N-ethyl adjacent to an activating group) is 1. The highest BCUT2D eigenvalue weighted by Crippen LogP contribution is 2.38. The van der Waals surface area contributed by atoms with Crippen molar-refractivity contribution in [3.63, 3.8) is 0 Å². The smallest absolute Gasteiger partial charge is 0.257 e. The molecule has 0 N–H and O–H groups in total. The third kappa shape index (κ3) is 3.37. The molecule has 1 unspecified atom stereocenters. The van der Waals surface area contributed by atoms with Gasteiger partial charge in [0.25, 0.3) is 5.91 Å². The van der Waals surface area contributed by atoms with Crippen molar-refractivity contribution >= 4 is 5.91 Å². The predicted octanol–water partition coefficient (Wildman–Crippen LogP) is 2.77. The normalized spacial score (nSPS) is 22.8. The minimum atomic E-state index is -0.0880. The van der Waals surface area contributed by atoms with E-state index in [9.17, 15) is 4.79 Å². The Hall–Kier alpha value is -2.05. The van der Waals surface area contributed by atoms with Crippen LogP contribution < -0.4 is 0 Å². The van der Waals surface area contributed by atoms with Crippen LogP contribution in [0.25, 0.3) is 0 Å². The second-order valence-corrected chi connectivity index (χ2v) is 7.15. The van der Waals surface area contributed by atoms with E-state index in [0.29, 0.717) is 11.6 Å². The van der Waals surface area contributed by atoms with Crippen molar-refractivity contribution in [2.75, 3.05) is 26.7 Å². The van der Waals surface area contributed by atoms with E-state index in [4.69, 9.17) is 13.6 Å². The summed E-state index contributed by atoms with van der Waals surface area (Å²) in [5.74, 6) is 1.03. The Labute approximate surface area is 147 Å². The zero-order valence-electron chi connectivity index (χ0n) is 14.5. The number of likely N-dealkylation sites (tertiary alicyclic amines) is 1. The van der Waals surface area contributed by atoms with E-state index >= 15 is 0 Å². The fourth-order valence-corrected chi connectivity index (χ4v) is 3.92. The van der Waals surface area contributed by atoms with E-state index in [2.05, 4.69) is 11.9 Å². The molecule has 0 bridgehead atoms. The quantitative estimate of drug-likeness (QED) is 0.853. The molecule has 2 saturated heterocycles. The van der Waals surface area contributed by atoms with Crippen LogP contribution in [0, 0.1) is 0 Å². The molecular weight excluding hydrogens is 320 g/mol. The van der Waals surface area contributed by atoms with E-state index < -0.39 is 0 Å². The fraction of sp³-hybridized carbons (Fsp3) is 0.526. The monoisotopic (exact) mass is 344 g/mol. The van der Waals surface area contributed by atoms with Crippen LogP contribution in [0.5, 0.6) is 0 Å². The molecule has 0 aliphatic carbocycles. The maximum Gasteiger partial charge on any atom is 0.257 e. The number of carbonyl (C=O) groups is 1. The molecule has 2 aliphatic heterocycles. The molecule has 1 atom stereocenters. The Bertz CT molecular complexity index is 687. The molecule has 6 heteroatoms. The summed E-state index contributed by atoms with van der Waals surface area (Å²) in [6.07, 6.45) is 7.56. The summed E-state index contributed by atoms with van der Waals surface area (Å²) in [7, 11) is 2.12. The second kappa shape index (κ2) is 6.69. The first kappa shape index (κ1) is 16.4. The molecule has 6 nitrogen and oxygen atoms in total. The number of amides is 1. The Kier molecular flexibility index (Phi) is 4.39. The number of piperidine rings is 1. The first-order valence-corrected chi connectivity index (χ1v) is 8.83. The van der Waals surface area contributed by atoms with Crippen LogP contribution in [0.4, 0.5) is 0 Å². The summed E-state index contributed by atoms with van der Waals surface area (Å²) in [4.78, 5) is 16.6. The molecular formula is C19H24N2O4. The average molecular weight is 344 g/mol. The first-order valence-electron chi connectivity index (χ1n) is 8.83. The van der Waals surface area contributed by atoms with Gasteiger partial charge < -0.3 is 18.5 Å². The van der Waals surface area contributed by atoms with E-state index in [1.165, 1.54) is 12.5 Å². The number of ether oxygens (including phenoxy) is 1. The SMILES string of the molecule is CN(Cc1ccco1)C1COC2(CCN(C(=O)c3ccoc3)CC2)C1. The lowest BCUT2D eigenvalue weighted by molar-refractivity contribution is -0.0393. The van der Waals surface area contributed by atoms with Gasteiger partial charge in [-0.25, -0.2) is 0 Å². The van der Waals surface area contributed by atoms with Crippen LogP contribution in [0.2, 0.25) is 0 Å². The van der Waals surface area contributed by atoms with Crippen LogP contribution in [-0.2, 0) is 11.3 Å². The topological polar surface area (TPSA) is 59.1 Å². The average Bonchev–Trinajstić information content (AvgIpc) is 3.37. The van der Waals surface area contributed by atoms with Crippen LogP contribution in [0.1, 0.15) is 35.4 Å². The standard InChI is InChI=1S/C19H24N2O4/c1-20(12-17-3-2-9-24-17)16-11-19(25-14-16)5-7-21(8-6-19)18(22)15-4-10-23-13-15/h2-4,9-10,13,16H,5-8,11-12,14H2,1H3. The number of hydrogen-bond acceptors (Lipinski definition) is 5. The first-order chi connectivity index (χ1) is 12.2. The van der Waals surface area contributed by atoms with Gasteiger partial charge in [0.1, 0.15) is 12.0 Å².